The summed E-state index contributed by atoms with van der Waals surface area (Å²) >= 11 is 0. The van der Waals surface area contributed by atoms with Crippen molar-refractivity contribution in [1.82, 2.24) is 15.0 Å². The molecule has 112 valence electrons. The number of piperidine rings is 1. The van der Waals surface area contributed by atoms with E-state index in [1.165, 1.54) is 0 Å². The zero-order chi connectivity index (χ0) is 14.8. The topological polar surface area (TPSA) is 77.2 Å². The minimum atomic E-state index is -4.14. The molecule has 0 atom stereocenters. The Labute approximate surface area is 114 Å². The third-order valence-corrected chi connectivity index (χ3v) is 3.13. The first-order chi connectivity index (χ1) is 9.40. The molecule has 0 aliphatic carbocycles. The Kier molecular flexibility index (Phi) is 4.15. The fourth-order valence-corrected chi connectivity index (χ4v) is 2.10. The number of rotatable bonds is 3. The summed E-state index contributed by atoms with van der Waals surface area (Å²) in [6.07, 6.45) is -4.08. The molecule has 0 spiro atoms. The van der Waals surface area contributed by atoms with Crippen LogP contribution < -0.4 is 15.4 Å². The van der Waals surface area contributed by atoms with E-state index in [0.29, 0.717) is 6.61 Å². The van der Waals surface area contributed by atoms with Crippen molar-refractivity contribution in [2.24, 2.45) is 5.92 Å². The first-order valence-corrected chi connectivity index (χ1v) is 6.36. The van der Waals surface area contributed by atoms with Gasteiger partial charge in [-0.1, -0.05) is 0 Å². The highest BCUT2D eigenvalue weighted by Gasteiger charge is 2.41. The van der Waals surface area contributed by atoms with Gasteiger partial charge in [-0.2, -0.15) is 28.1 Å². The lowest BCUT2D eigenvalue weighted by atomic mass is 9.96. The number of nitrogens with zero attached hydrogens (tertiary/aromatic N) is 4. The molecule has 1 saturated heterocycles. The average Bonchev–Trinajstić information content (AvgIpc) is 2.37. The number of halogens is 3. The first-order valence-electron chi connectivity index (χ1n) is 6.36. The molecule has 6 nitrogen and oxygen atoms in total. The Bertz CT molecular complexity index is 460. The van der Waals surface area contributed by atoms with Crippen LogP contribution in [-0.4, -0.2) is 40.8 Å². The van der Waals surface area contributed by atoms with Crippen molar-refractivity contribution in [3.05, 3.63) is 0 Å². The van der Waals surface area contributed by atoms with Crippen molar-refractivity contribution in [2.75, 3.05) is 30.3 Å². The third kappa shape index (κ3) is 3.40. The molecule has 0 amide bonds. The van der Waals surface area contributed by atoms with Crippen LogP contribution in [-0.2, 0) is 0 Å². The van der Waals surface area contributed by atoms with Gasteiger partial charge in [-0.3, -0.25) is 0 Å². The van der Waals surface area contributed by atoms with Crippen LogP contribution in [0.4, 0.5) is 25.1 Å². The highest BCUT2D eigenvalue weighted by molar-refractivity contribution is 5.36. The molecule has 1 aliphatic heterocycles. The van der Waals surface area contributed by atoms with Crippen LogP contribution >= 0.6 is 0 Å². The predicted octanol–water partition coefficient (Wildman–Crippen LogP) is 1.63. The summed E-state index contributed by atoms with van der Waals surface area (Å²) in [6.45, 7) is 2.62. The van der Waals surface area contributed by atoms with E-state index in [-0.39, 0.29) is 43.8 Å². The minimum absolute atomic E-state index is 0.00334. The SMILES string of the molecule is CCOc1nc(N)nc(N2CCC(C(F)(F)F)CC2)n1. The van der Waals surface area contributed by atoms with E-state index >= 15 is 0 Å². The van der Waals surface area contributed by atoms with E-state index < -0.39 is 12.1 Å². The van der Waals surface area contributed by atoms with Gasteiger partial charge in [0.05, 0.1) is 12.5 Å². The molecule has 1 aromatic heterocycles. The van der Waals surface area contributed by atoms with Crippen LogP contribution in [0.15, 0.2) is 0 Å². The van der Waals surface area contributed by atoms with E-state index in [4.69, 9.17) is 10.5 Å². The molecule has 0 aromatic carbocycles. The number of nitrogen functional groups attached to an aromatic ring is 1. The maximum absolute atomic E-state index is 12.6. The lowest BCUT2D eigenvalue weighted by Crippen LogP contribution is -2.39. The summed E-state index contributed by atoms with van der Waals surface area (Å²) in [6, 6.07) is 0.0907. The monoisotopic (exact) mass is 291 g/mol. The van der Waals surface area contributed by atoms with E-state index in [1.807, 2.05) is 0 Å². The molecule has 0 bridgehead atoms. The Morgan fingerprint density at radius 1 is 1.25 bits per heavy atom. The van der Waals surface area contributed by atoms with E-state index in [1.54, 1.807) is 11.8 Å². The van der Waals surface area contributed by atoms with Crippen molar-refractivity contribution in [3.63, 3.8) is 0 Å². The van der Waals surface area contributed by atoms with Crippen molar-refractivity contribution in [3.8, 4) is 6.01 Å². The first kappa shape index (κ1) is 14.6. The van der Waals surface area contributed by atoms with Gasteiger partial charge in [-0.25, -0.2) is 0 Å². The standard InChI is InChI=1S/C11H16F3N5O/c1-2-20-10-17-8(15)16-9(18-10)19-5-3-7(4-6-19)11(12,13)14/h7H,2-6H2,1H3,(H2,15,16,17,18). The Morgan fingerprint density at radius 3 is 2.45 bits per heavy atom. The number of nitrogens with two attached hydrogens (primary N) is 1. The predicted molar refractivity (Wildman–Crippen MR) is 66.4 cm³/mol. The Balaban J connectivity index is 2.07. The second-order valence-corrected chi connectivity index (χ2v) is 4.51. The number of hydrogen-bond donors (Lipinski definition) is 1. The molecular formula is C11H16F3N5O. The molecule has 0 saturated carbocycles. The summed E-state index contributed by atoms with van der Waals surface area (Å²) in [5.41, 5.74) is 5.54. The van der Waals surface area contributed by atoms with E-state index in [0.717, 1.165) is 0 Å². The quantitative estimate of drug-likeness (QED) is 0.912. The number of anilines is 2. The van der Waals surface area contributed by atoms with Crippen LogP contribution in [0, 0.1) is 5.92 Å². The van der Waals surface area contributed by atoms with Crippen molar-refractivity contribution >= 4 is 11.9 Å². The molecule has 9 heteroatoms. The smallest absolute Gasteiger partial charge is 0.391 e. The molecule has 0 radical (unpaired) electrons. The van der Waals surface area contributed by atoms with Gasteiger partial charge in [0.15, 0.2) is 0 Å². The number of ether oxygens (including phenoxy) is 1. The van der Waals surface area contributed by atoms with Gasteiger partial charge in [0.2, 0.25) is 11.9 Å². The molecule has 2 rings (SSSR count). The molecule has 1 aromatic rings. The highest BCUT2D eigenvalue weighted by Crippen LogP contribution is 2.34. The molecule has 1 aliphatic rings. The van der Waals surface area contributed by atoms with E-state index in [2.05, 4.69) is 15.0 Å². The molecular weight excluding hydrogens is 275 g/mol. The number of hydrogen-bond acceptors (Lipinski definition) is 6. The maximum Gasteiger partial charge on any atom is 0.391 e. The van der Waals surface area contributed by atoms with Crippen molar-refractivity contribution in [2.45, 2.75) is 25.9 Å². The lowest BCUT2D eigenvalue weighted by Gasteiger charge is -2.32. The van der Waals surface area contributed by atoms with Crippen LogP contribution in [0.3, 0.4) is 0 Å². The summed E-state index contributed by atoms with van der Waals surface area (Å²) < 4.78 is 42.9. The molecule has 2 N–H and O–H groups in total. The van der Waals surface area contributed by atoms with Crippen LogP contribution in [0.5, 0.6) is 6.01 Å². The Hall–Kier alpha value is -1.80. The van der Waals surface area contributed by atoms with E-state index in [9.17, 15) is 13.2 Å². The zero-order valence-corrected chi connectivity index (χ0v) is 11.0. The molecule has 1 fully saturated rings. The van der Waals surface area contributed by atoms with Crippen LogP contribution in [0.1, 0.15) is 19.8 Å². The molecule has 2 heterocycles. The number of alkyl halides is 3. The van der Waals surface area contributed by atoms with Gasteiger partial charge < -0.3 is 15.4 Å². The minimum Gasteiger partial charge on any atom is -0.464 e. The summed E-state index contributed by atoms with van der Waals surface area (Å²) in [4.78, 5) is 13.5. The van der Waals surface area contributed by atoms with Gasteiger partial charge in [0.1, 0.15) is 0 Å². The normalized spacial score (nSPS) is 17.3. The second kappa shape index (κ2) is 5.68. The van der Waals surface area contributed by atoms with Gasteiger partial charge in [-0.05, 0) is 19.8 Å². The van der Waals surface area contributed by atoms with Crippen molar-refractivity contribution < 1.29 is 17.9 Å². The van der Waals surface area contributed by atoms with Crippen LogP contribution in [0.25, 0.3) is 0 Å². The summed E-state index contributed by atoms with van der Waals surface area (Å²) in [7, 11) is 0. The summed E-state index contributed by atoms with van der Waals surface area (Å²) in [5, 5.41) is 0. The fourth-order valence-electron chi connectivity index (χ4n) is 2.10. The van der Waals surface area contributed by atoms with Gasteiger partial charge >= 0.3 is 12.2 Å². The van der Waals surface area contributed by atoms with Crippen molar-refractivity contribution in [1.29, 1.82) is 0 Å². The van der Waals surface area contributed by atoms with Crippen LogP contribution in [0.2, 0.25) is 0 Å². The zero-order valence-electron chi connectivity index (χ0n) is 11.0. The maximum atomic E-state index is 12.6. The lowest BCUT2D eigenvalue weighted by molar-refractivity contribution is -0.179. The van der Waals surface area contributed by atoms with Gasteiger partial charge in [-0.15, -0.1) is 0 Å². The molecule has 0 unspecified atom stereocenters. The summed E-state index contributed by atoms with van der Waals surface area (Å²) in [5.74, 6) is -0.998. The highest BCUT2D eigenvalue weighted by atomic mass is 19.4. The van der Waals surface area contributed by atoms with Gasteiger partial charge in [0.25, 0.3) is 0 Å². The van der Waals surface area contributed by atoms with Gasteiger partial charge in [0, 0.05) is 13.1 Å². The second-order valence-electron chi connectivity index (χ2n) is 4.51. The average molecular weight is 291 g/mol. The Morgan fingerprint density at radius 2 is 1.90 bits per heavy atom. The fraction of sp³-hybridized carbons (Fsp3) is 0.727. The largest absolute Gasteiger partial charge is 0.464 e. The molecule has 20 heavy (non-hydrogen) atoms. The number of aromatic nitrogens is 3. The third-order valence-electron chi connectivity index (χ3n) is 3.13.